The molecule has 0 saturated carbocycles. The largest absolute Gasteiger partial charge is 0.449 e. The van der Waals surface area contributed by atoms with E-state index in [9.17, 15) is 39.0 Å². The molecule has 14 heteroatoms. The van der Waals surface area contributed by atoms with E-state index in [1.165, 1.54) is 42.6 Å². The normalized spacial score (nSPS) is 29.5. The fourth-order valence-corrected chi connectivity index (χ4v) is 5.55. The quantitative estimate of drug-likeness (QED) is 0.290. The van der Waals surface area contributed by atoms with Gasteiger partial charge in [0.25, 0.3) is 5.91 Å². The highest BCUT2D eigenvalue weighted by molar-refractivity contribution is 5.96. The number of nitrogens with one attached hydrogen (secondary N) is 2. The summed E-state index contributed by atoms with van der Waals surface area (Å²) in [7, 11) is 2.95. The van der Waals surface area contributed by atoms with Crippen molar-refractivity contribution in [2.75, 3.05) is 27.2 Å². The predicted molar refractivity (Wildman–Crippen MR) is 160 cm³/mol. The Hall–Kier alpha value is -3.26. The Bertz CT molecular complexity index is 1070. The van der Waals surface area contributed by atoms with Crippen LogP contribution in [0.1, 0.15) is 73.6 Å². The van der Waals surface area contributed by atoms with E-state index < -0.39 is 78.0 Å². The van der Waals surface area contributed by atoms with Gasteiger partial charge < -0.3 is 40.3 Å². The van der Waals surface area contributed by atoms with Gasteiger partial charge in [-0.25, -0.2) is 0 Å². The molecule has 44 heavy (non-hydrogen) atoms. The maximum Gasteiger partial charge on any atom is 0.308 e. The maximum atomic E-state index is 14.0. The molecule has 14 nitrogen and oxygen atoms in total. The number of carbonyl (C=O) groups excluding carboxylic acids is 6. The summed E-state index contributed by atoms with van der Waals surface area (Å²) in [6.07, 6.45) is -3.44. The van der Waals surface area contributed by atoms with E-state index in [4.69, 9.17) is 4.74 Å². The molecule has 0 aromatic rings. The van der Waals surface area contributed by atoms with E-state index in [0.29, 0.717) is 19.3 Å². The van der Waals surface area contributed by atoms with Crippen molar-refractivity contribution < 1.29 is 43.7 Å². The number of likely N-dealkylation sites (N-methyl/N-ethyl adjacent to an activating group) is 2. The highest BCUT2D eigenvalue weighted by atomic mass is 16.6. The first-order chi connectivity index (χ1) is 20.5. The second kappa shape index (κ2) is 16.2. The molecule has 0 aromatic heterocycles. The zero-order valence-corrected chi connectivity index (χ0v) is 27.2. The van der Waals surface area contributed by atoms with Crippen LogP contribution in [0.5, 0.6) is 0 Å². The predicted octanol–water partition coefficient (Wildman–Crippen LogP) is -0.598. The second-order valence-electron chi connectivity index (χ2n) is 12.4. The number of fused-ring (bicyclic) bond motifs is 1. The van der Waals surface area contributed by atoms with Gasteiger partial charge in [0.2, 0.25) is 29.7 Å². The second-order valence-corrected chi connectivity index (χ2v) is 12.4. The SMILES string of the molecule is CC[C@H](C)[C@@H]1NC(=O)[C@@H]2CCCCN2C(=O)[C@H](C(O)C(C)O)OC(=O)CCNC(=O)[C@H](C)N(C)C(=O)C(C(C)C)N(C)C1=O. The number of ether oxygens (including phenoxy) is 1. The Labute approximate surface area is 259 Å². The fraction of sp³-hybridized carbons (Fsp3) is 0.800. The highest BCUT2D eigenvalue weighted by Gasteiger charge is 2.44. The van der Waals surface area contributed by atoms with Crippen LogP contribution in [0, 0.1) is 11.8 Å². The summed E-state index contributed by atoms with van der Waals surface area (Å²) in [6.45, 7) is 9.93. The van der Waals surface area contributed by atoms with Gasteiger partial charge in [-0.1, -0.05) is 34.1 Å². The van der Waals surface area contributed by atoms with Crippen LogP contribution in [0.2, 0.25) is 0 Å². The lowest BCUT2D eigenvalue weighted by Gasteiger charge is -2.40. The molecule has 2 aliphatic rings. The third-order valence-corrected chi connectivity index (χ3v) is 8.76. The van der Waals surface area contributed by atoms with Gasteiger partial charge in [0, 0.05) is 27.2 Å². The van der Waals surface area contributed by atoms with Crippen molar-refractivity contribution in [1.82, 2.24) is 25.3 Å². The zero-order chi connectivity index (χ0) is 33.5. The Balaban J connectivity index is 2.60. The average molecular weight is 626 g/mol. The molecule has 0 aromatic carbocycles. The lowest BCUT2D eigenvalue weighted by atomic mass is 9.93. The number of piperidine rings is 1. The average Bonchev–Trinajstić information content (AvgIpc) is 2.99. The van der Waals surface area contributed by atoms with Gasteiger partial charge in [0.1, 0.15) is 30.3 Å². The van der Waals surface area contributed by atoms with Gasteiger partial charge >= 0.3 is 5.97 Å². The third kappa shape index (κ3) is 8.68. The van der Waals surface area contributed by atoms with Crippen molar-refractivity contribution in [3.63, 3.8) is 0 Å². The van der Waals surface area contributed by atoms with Crippen molar-refractivity contribution in [3.8, 4) is 0 Å². The van der Waals surface area contributed by atoms with Gasteiger partial charge in [-0.15, -0.1) is 0 Å². The lowest BCUT2D eigenvalue weighted by molar-refractivity contribution is -0.175. The summed E-state index contributed by atoms with van der Waals surface area (Å²) in [5.74, 6) is -4.55. The van der Waals surface area contributed by atoms with Gasteiger partial charge in [0.05, 0.1) is 12.5 Å². The van der Waals surface area contributed by atoms with Crippen molar-refractivity contribution >= 4 is 35.5 Å². The summed E-state index contributed by atoms with van der Waals surface area (Å²) in [4.78, 5) is 84.6. The molecule has 2 heterocycles. The Morgan fingerprint density at radius 3 is 2.11 bits per heavy atom. The van der Waals surface area contributed by atoms with Gasteiger partial charge in [-0.3, -0.25) is 28.8 Å². The summed E-state index contributed by atoms with van der Waals surface area (Å²) >= 11 is 0. The zero-order valence-electron chi connectivity index (χ0n) is 27.2. The monoisotopic (exact) mass is 625 g/mol. The van der Waals surface area contributed by atoms with Crippen molar-refractivity contribution in [2.24, 2.45) is 11.8 Å². The van der Waals surface area contributed by atoms with Gasteiger partial charge in [-0.2, -0.15) is 0 Å². The number of nitrogens with zero attached hydrogens (tertiary/aromatic N) is 3. The Morgan fingerprint density at radius 2 is 1.55 bits per heavy atom. The van der Waals surface area contributed by atoms with E-state index in [1.807, 2.05) is 6.92 Å². The molecule has 2 rings (SSSR count). The number of esters is 1. The first-order valence-corrected chi connectivity index (χ1v) is 15.5. The minimum absolute atomic E-state index is 0.129. The Morgan fingerprint density at radius 1 is 0.909 bits per heavy atom. The number of amides is 5. The Kier molecular flexibility index (Phi) is 13.6. The topological polar surface area (TPSA) is 186 Å². The molecule has 250 valence electrons. The highest BCUT2D eigenvalue weighted by Crippen LogP contribution is 2.23. The first kappa shape index (κ1) is 36.9. The van der Waals surface area contributed by atoms with Crippen molar-refractivity contribution in [2.45, 2.75) is 116 Å². The van der Waals surface area contributed by atoms with Crippen LogP contribution in [0.4, 0.5) is 0 Å². The minimum atomic E-state index is -1.80. The number of aliphatic hydroxyl groups is 2. The summed E-state index contributed by atoms with van der Waals surface area (Å²) in [6, 6.07) is -3.97. The van der Waals surface area contributed by atoms with E-state index in [0.717, 1.165) is 0 Å². The molecule has 5 amide bonds. The molecule has 0 radical (unpaired) electrons. The fourth-order valence-electron chi connectivity index (χ4n) is 5.55. The molecule has 4 N–H and O–H groups in total. The van der Waals surface area contributed by atoms with E-state index in [-0.39, 0.29) is 37.8 Å². The number of hydrogen-bond acceptors (Lipinski definition) is 9. The molecular formula is C30H51N5O9. The van der Waals surface area contributed by atoms with Crippen molar-refractivity contribution in [1.29, 1.82) is 0 Å². The third-order valence-electron chi connectivity index (χ3n) is 8.76. The smallest absolute Gasteiger partial charge is 0.308 e. The van der Waals surface area contributed by atoms with E-state index >= 15 is 0 Å². The molecular weight excluding hydrogens is 574 g/mol. The first-order valence-electron chi connectivity index (χ1n) is 15.5. The number of rotatable bonds is 5. The minimum Gasteiger partial charge on any atom is -0.449 e. The molecule has 3 unspecified atom stereocenters. The van der Waals surface area contributed by atoms with Crippen LogP contribution >= 0.6 is 0 Å². The summed E-state index contributed by atoms with van der Waals surface area (Å²) in [5.41, 5.74) is 0. The van der Waals surface area contributed by atoms with Gasteiger partial charge in [0.15, 0.2) is 0 Å². The van der Waals surface area contributed by atoms with Crippen LogP contribution in [0.15, 0.2) is 0 Å². The molecule has 2 fully saturated rings. The van der Waals surface area contributed by atoms with Crippen LogP contribution in [-0.4, -0.2) is 130 Å². The number of cyclic esters (lactones) is 1. The molecule has 8 atom stereocenters. The lowest BCUT2D eigenvalue weighted by Crippen LogP contribution is -2.62. The van der Waals surface area contributed by atoms with Crippen molar-refractivity contribution in [3.05, 3.63) is 0 Å². The summed E-state index contributed by atoms with van der Waals surface area (Å²) < 4.78 is 5.34. The molecule has 0 spiro atoms. The molecule has 2 aliphatic heterocycles. The molecule has 0 bridgehead atoms. The number of hydrogen-bond donors (Lipinski definition) is 4. The van der Waals surface area contributed by atoms with Gasteiger partial charge in [-0.05, 0) is 44.9 Å². The van der Waals surface area contributed by atoms with Crippen LogP contribution in [-0.2, 0) is 33.5 Å². The van der Waals surface area contributed by atoms with Crippen LogP contribution in [0.25, 0.3) is 0 Å². The van der Waals surface area contributed by atoms with E-state index in [1.54, 1.807) is 20.8 Å². The number of carbonyl (C=O) groups is 6. The van der Waals surface area contributed by atoms with E-state index in [2.05, 4.69) is 10.6 Å². The van der Waals surface area contributed by atoms with Crippen LogP contribution in [0.3, 0.4) is 0 Å². The maximum absolute atomic E-state index is 14.0. The summed E-state index contributed by atoms with van der Waals surface area (Å²) in [5, 5.41) is 26.1. The number of aliphatic hydroxyl groups excluding tert-OH is 2. The molecule has 2 saturated heterocycles. The van der Waals surface area contributed by atoms with Crippen LogP contribution < -0.4 is 10.6 Å². The standard InChI is InChI=1S/C30H51N5O9/c1-9-17(4)22-28(41)34(8)23(16(2)3)29(42)33(7)18(5)26(39)31-14-13-21(37)44-25(24(38)19(6)36)30(43)35-15-11-10-12-20(35)27(40)32-22/h16-20,22-25,36,38H,9-15H2,1-8H3,(H,31,39)(H,32,40)/t17-,18-,19?,20-,22-,23?,24?,25-/m0/s1. The molecule has 0 aliphatic carbocycles.